The van der Waals surface area contributed by atoms with E-state index in [-0.39, 0.29) is 30.4 Å². The lowest BCUT2D eigenvalue weighted by Crippen LogP contribution is -2.33. The van der Waals surface area contributed by atoms with Crippen LogP contribution in [-0.4, -0.2) is 74.7 Å². The number of Topliss-reactive ketones (excluding diaryl/α,β-unsaturated/α-hetero) is 1. The number of ketones is 1. The Morgan fingerprint density at radius 2 is 1.78 bits per heavy atom. The molecule has 0 aliphatic carbocycles. The third-order valence-corrected chi connectivity index (χ3v) is 9.06. The molecule has 6 rings (SSSR count). The quantitative estimate of drug-likeness (QED) is 0.102. The number of methoxy groups -OCH3 is 1. The van der Waals surface area contributed by atoms with E-state index in [1.165, 1.54) is 18.2 Å². The van der Waals surface area contributed by atoms with E-state index in [4.69, 9.17) is 31.0 Å². The number of amides is 1. The Hall–Kier alpha value is -5.04. The van der Waals surface area contributed by atoms with Gasteiger partial charge in [-0.15, -0.1) is 0 Å². The molecule has 3 heterocycles. The van der Waals surface area contributed by atoms with Gasteiger partial charge in [-0.2, -0.15) is 0 Å². The second-order valence-corrected chi connectivity index (χ2v) is 12.6. The molecule has 1 amide bonds. The monoisotopic (exact) mass is 701 g/mol. The summed E-state index contributed by atoms with van der Waals surface area (Å²) in [5.41, 5.74) is 3.42. The molecule has 0 saturated carbocycles. The van der Waals surface area contributed by atoms with Crippen molar-refractivity contribution in [1.82, 2.24) is 24.8 Å². The van der Waals surface area contributed by atoms with Crippen LogP contribution in [0.3, 0.4) is 0 Å². The number of rotatable bonds is 13. The summed E-state index contributed by atoms with van der Waals surface area (Å²) in [6, 6.07) is 19.2. The van der Waals surface area contributed by atoms with Gasteiger partial charge in [-0.3, -0.25) is 14.5 Å². The number of ether oxygens (including phenoxy) is 2. The lowest BCUT2D eigenvalue weighted by atomic mass is 9.93. The number of pyridine rings is 1. The first kappa shape index (κ1) is 34.8. The second-order valence-electron chi connectivity index (χ2n) is 12.2. The largest absolute Gasteiger partial charge is 0.504 e. The van der Waals surface area contributed by atoms with Crippen LogP contribution in [0.5, 0.6) is 17.4 Å². The Morgan fingerprint density at radius 3 is 2.54 bits per heavy atom. The minimum Gasteiger partial charge on any atom is -0.504 e. The fourth-order valence-electron chi connectivity index (χ4n) is 6.05. The van der Waals surface area contributed by atoms with Gasteiger partial charge in [0, 0.05) is 53.0 Å². The van der Waals surface area contributed by atoms with E-state index in [2.05, 4.69) is 14.8 Å². The van der Waals surface area contributed by atoms with E-state index in [0.29, 0.717) is 47.2 Å². The maximum absolute atomic E-state index is 14.2. The number of hydrogen-bond acceptors (Lipinski definition) is 9. The van der Waals surface area contributed by atoms with Gasteiger partial charge in [-0.25, -0.2) is 14.4 Å². The Labute approximate surface area is 293 Å². The molecule has 1 saturated heterocycles. The molecular weight excluding hydrogens is 665 g/mol. The van der Waals surface area contributed by atoms with Gasteiger partial charge in [0.2, 0.25) is 5.88 Å². The number of likely N-dealkylation sites (tertiary alicyclic amines) is 1. The number of aromatic nitrogens is 3. The highest BCUT2D eigenvalue weighted by Crippen LogP contribution is 2.30. The maximum Gasteiger partial charge on any atom is 0.251 e. The van der Waals surface area contributed by atoms with Crippen LogP contribution < -0.4 is 10.1 Å². The normalized spacial score (nSPS) is 13.8. The molecule has 0 spiro atoms. The Kier molecular flexibility index (Phi) is 10.9. The van der Waals surface area contributed by atoms with E-state index < -0.39 is 23.3 Å². The first-order valence-electron chi connectivity index (χ1n) is 16.3. The summed E-state index contributed by atoms with van der Waals surface area (Å²) in [5, 5.41) is 22.1. The molecule has 1 fully saturated rings. The molecular formula is C37H37ClFN5O6. The molecule has 0 unspecified atom stereocenters. The highest BCUT2D eigenvalue weighted by Gasteiger charge is 2.24. The van der Waals surface area contributed by atoms with Crippen molar-refractivity contribution < 1.29 is 33.7 Å². The number of hydrogen-bond donors (Lipinski definition) is 3. The predicted octanol–water partition coefficient (Wildman–Crippen LogP) is 5.85. The molecule has 1 aliphatic heterocycles. The number of carbonyl (C=O) groups is 2. The van der Waals surface area contributed by atoms with Gasteiger partial charge in [0.1, 0.15) is 18.2 Å². The van der Waals surface area contributed by atoms with E-state index in [1.54, 1.807) is 37.4 Å². The molecule has 3 N–H and O–H groups in total. The Balaban J connectivity index is 1.08. The number of carbonyl (C=O) groups excluding carboxylic acids is 2. The topological polar surface area (TPSA) is 139 Å². The fraction of sp³-hybridized carbons (Fsp3) is 0.297. The zero-order chi connectivity index (χ0) is 35.2. The van der Waals surface area contributed by atoms with Crippen LogP contribution in [0.25, 0.3) is 11.0 Å². The average molecular weight is 702 g/mol. The van der Waals surface area contributed by atoms with Gasteiger partial charge in [0.15, 0.2) is 17.3 Å². The zero-order valence-corrected chi connectivity index (χ0v) is 28.2. The minimum atomic E-state index is -0.432. The molecule has 3 aromatic carbocycles. The number of halogens is 2. The van der Waals surface area contributed by atoms with Crippen molar-refractivity contribution in [2.45, 2.75) is 38.5 Å². The molecule has 0 radical (unpaired) electrons. The van der Waals surface area contributed by atoms with Crippen molar-refractivity contribution in [3.63, 3.8) is 0 Å². The van der Waals surface area contributed by atoms with Crippen LogP contribution in [0.2, 0.25) is 5.02 Å². The molecule has 13 heteroatoms. The number of fused-ring (bicyclic) bond motifs is 1. The van der Waals surface area contributed by atoms with Crippen molar-refractivity contribution in [3.8, 4) is 17.4 Å². The van der Waals surface area contributed by atoms with Gasteiger partial charge in [-0.05, 0) is 80.5 Å². The summed E-state index contributed by atoms with van der Waals surface area (Å²) >= 11 is 5.86. The Morgan fingerprint density at radius 1 is 0.980 bits per heavy atom. The number of nitrogens with zero attached hydrogens (tertiary/aromatic N) is 4. The van der Waals surface area contributed by atoms with Crippen molar-refractivity contribution in [2.24, 2.45) is 0 Å². The van der Waals surface area contributed by atoms with Gasteiger partial charge < -0.3 is 29.6 Å². The molecule has 0 atom stereocenters. The molecule has 5 aromatic rings. The zero-order valence-electron chi connectivity index (χ0n) is 27.4. The standard InChI is InChI=1S/C37H37ClFN5O6/c1-49-16-15-44-31-9-6-25(37(48)40-20-34(47)24-7-10-32(45)33(46)18-24)17-30(31)41-35(44)21-43-13-11-23(12-14-43)29-3-2-4-36(42-29)50-22-26-5-8-27(38)19-28(26)39/h2-10,17-19,23,45-46H,11-16,20-22H2,1H3,(H,40,48). The Bertz CT molecular complexity index is 2010. The van der Waals surface area contributed by atoms with Crippen LogP contribution in [-0.2, 0) is 24.4 Å². The van der Waals surface area contributed by atoms with Crippen molar-refractivity contribution in [1.29, 1.82) is 0 Å². The minimum absolute atomic E-state index is 0.0565. The summed E-state index contributed by atoms with van der Waals surface area (Å²) in [6.45, 7) is 3.15. The van der Waals surface area contributed by atoms with Gasteiger partial charge in [0.05, 0.1) is 30.7 Å². The molecule has 1 aliphatic rings. The number of phenolic OH excluding ortho intramolecular Hbond substituents is 2. The lowest BCUT2D eigenvalue weighted by molar-refractivity contribution is 0.0904. The number of piperidine rings is 1. The number of aromatic hydroxyl groups is 2. The van der Waals surface area contributed by atoms with E-state index in [9.17, 15) is 24.2 Å². The van der Waals surface area contributed by atoms with Gasteiger partial charge in [0.25, 0.3) is 5.91 Å². The van der Waals surface area contributed by atoms with Gasteiger partial charge >= 0.3 is 0 Å². The highest BCUT2D eigenvalue weighted by molar-refractivity contribution is 6.30. The molecule has 50 heavy (non-hydrogen) atoms. The third kappa shape index (κ3) is 8.21. The van der Waals surface area contributed by atoms with Crippen LogP contribution in [0.15, 0.2) is 72.8 Å². The first-order valence-corrected chi connectivity index (χ1v) is 16.6. The summed E-state index contributed by atoms with van der Waals surface area (Å²) in [5.74, 6) is -0.434. The number of imidazole rings is 1. The number of benzene rings is 3. The van der Waals surface area contributed by atoms with Crippen molar-refractivity contribution in [3.05, 3.63) is 112 Å². The molecule has 2 aromatic heterocycles. The van der Waals surface area contributed by atoms with E-state index >= 15 is 0 Å². The maximum atomic E-state index is 14.2. The van der Waals surface area contributed by atoms with Crippen LogP contribution in [0, 0.1) is 5.82 Å². The van der Waals surface area contributed by atoms with Crippen molar-refractivity contribution in [2.75, 3.05) is 33.4 Å². The predicted molar refractivity (Wildman–Crippen MR) is 185 cm³/mol. The number of nitrogens with one attached hydrogen (secondary N) is 1. The van der Waals surface area contributed by atoms with Gasteiger partial charge in [-0.1, -0.05) is 23.7 Å². The summed E-state index contributed by atoms with van der Waals surface area (Å²) in [4.78, 5) is 37.5. The summed E-state index contributed by atoms with van der Waals surface area (Å²) in [6.07, 6.45) is 1.79. The molecule has 260 valence electrons. The van der Waals surface area contributed by atoms with Crippen LogP contribution in [0.1, 0.15) is 56.6 Å². The smallest absolute Gasteiger partial charge is 0.251 e. The summed E-state index contributed by atoms with van der Waals surface area (Å²) < 4.78 is 27.5. The van der Waals surface area contributed by atoms with Crippen LogP contribution >= 0.6 is 11.6 Å². The highest BCUT2D eigenvalue weighted by atomic mass is 35.5. The summed E-state index contributed by atoms with van der Waals surface area (Å²) in [7, 11) is 1.65. The molecule has 0 bridgehead atoms. The van der Waals surface area contributed by atoms with E-state index in [0.717, 1.165) is 49.0 Å². The van der Waals surface area contributed by atoms with E-state index in [1.807, 2.05) is 18.2 Å². The third-order valence-electron chi connectivity index (χ3n) is 8.82. The lowest BCUT2D eigenvalue weighted by Gasteiger charge is -2.31. The van der Waals surface area contributed by atoms with Crippen LogP contribution in [0.4, 0.5) is 4.39 Å². The first-order chi connectivity index (χ1) is 24.2. The van der Waals surface area contributed by atoms with Crippen molar-refractivity contribution >= 4 is 34.3 Å². The fourth-order valence-corrected chi connectivity index (χ4v) is 6.21. The number of phenols is 2. The second kappa shape index (κ2) is 15.7. The molecule has 11 nitrogen and oxygen atoms in total. The SMILES string of the molecule is COCCn1c(CN2CCC(c3cccc(OCc4ccc(Cl)cc4F)n3)CC2)nc2cc(C(=O)NCC(=O)c3ccc(O)c(O)c3)ccc21. The average Bonchev–Trinajstić information content (AvgIpc) is 3.46.